The van der Waals surface area contributed by atoms with Gasteiger partial charge in [0.1, 0.15) is 0 Å². The van der Waals surface area contributed by atoms with Gasteiger partial charge in [-0.15, -0.1) is 0 Å². The average molecular weight is 196 g/mol. The lowest BCUT2D eigenvalue weighted by molar-refractivity contribution is 0.0683. The van der Waals surface area contributed by atoms with E-state index >= 15 is 0 Å². The maximum atomic E-state index is 10.7. The Morgan fingerprint density at radius 3 is 2.71 bits per heavy atom. The zero-order valence-electron chi connectivity index (χ0n) is 8.10. The van der Waals surface area contributed by atoms with Crippen molar-refractivity contribution in [1.82, 2.24) is 9.97 Å². The Morgan fingerprint density at radius 1 is 1.50 bits per heavy atom. The molecule has 0 amide bonds. The first-order chi connectivity index (χ1) is 6.61. The second-order valence-electron chi connectivity index (χ2n) is 3.22. The maximum absolute atomic E-state index is 10.7. The molecular formula is C9H12N2O3. The highest BCUT2D eigenvalue weighted by molar-refractivity contribution is 5.87. The highest BCUT2D eigenvalue weighted by atomic mass is 16.5. The summed E-state index contributed by atoms with van der Waals surface area (Å²) in [7, 11) is 0. The molecular weight excluding hydrogens is 184 g/mol. The summed E-state index contributed by atoms with van der Waals surface area (Å²) in [6.45, 7) is 4.37. The summed E-state index contributed by atoms with van der Waals surface area (Å²) >= 11 is 0. The summed E-state index contributed by atoms with van der Waals surface area (Å²) in [6.07, 6.45) is 2.73. The van der Waals surface area contributed by atoms with Crippen LogP contribution in [0, 0.1) is 5.92 Å². The van der Waals surface area contributed by atoms with Gasteiger partial charge in [0.25, 0.3) is 0 Å². The van der Waals surface area contributed by atoms with Gasteiger partial charge in [-0.25, -0.2) is 14.8 Å². The minimum atomic E-state index is -1.13. The standard InChI is InChI=1S/C9H12N2O3/c1-6(2)5-14-8-7(9(12)13)10-3-4-11-8/h3-4,6H,5H2,1-2H3,(H,12,13). The van der Waals surface area contributed by atoms with E-state index in [1.807, 2.05) is 13.8 Å². The van der Waals surface area contributed by atoms with Crippen LogP contribution in [-0.2, 0) is 0 Å². The van der Waals surface area contributed by atoms with Crippen LogP contribution in [0.3, 0.4) is 0 Å². The summed E-state index contributed by atoms with van der Waals surface area (Å²) in [6, 6.07) is 0. The monoisotopic (exact) mass is 196 g/mol. The number of carboxylic acids is 1. The van der Waals surface area contributed by atoms with Crippen LogP contribution < -0.4 is 4.74 Å². The summed E-state index contributed by atoms with van der Waals surface area (Å²) in [4.78, 5) is 18.2. The number of hydrogen-bond donors (Lipinski definition) is 1. The molecule has 0 bridgehead atoms. The van der Waals surface area contributed by atoms with Crippen molar-refractivity contribution in [2.45, 2.75) is 13.8 Å². The Bertz CT molecular complexity index is 326. The van der Waals surface area contributed by atoms with Crippen molar-refractivity contribution in [2.75, 3.05) is 6.61 Å². The lowest BCUT2D eigenvalue weighted by Crippen LogP contribution is -2.11. The number of rotatable bonds is 4. The van der Waals surface area contributed by atoms with Gasteiger partial charge in [-0.1, -0.05) is 13.8 Å². The fourth-order valence-corrected chi connectivity index (χ4v) is 0.823. The Hall–Kier alpha value is -1.65. The lowest BCUT2D eigenvalue weighted by atomic mass is 10.2. The fraction of sp³-hybridized carbons (Fsp3) is 0.444. The van der Waals surface area contributed by atoms with Crippen LogP contribution in [-0.4, -0.2) is 27.7 Å². The van der Waals surface area contributed by atoms with Crippen LogP contribution in [0.25, 0.3) is 0 Å². The van der Waals surface area contributed by atoms with Gasteiger partial charge in [-0.05, 0) is 5.92 Å². The summed E-state index contributed by atoms with van der Waals surface area (Å²) in [5.74, 6) is -0.732. The van der Waals surface area contributed by atoms with E-state index in [4.69, 9.17) is 9.84 Å². The predicted molar refractivity (Wildman–Crippen MR) is 49.3 cm³/mol. The van der Waals surface area contributed by atoms with Crippen LogP contribution in [0.4, 0.5) is 0 Å². The maximum Gasteiger partial charge on any atom is 0.360 e. The summed E-state index contributed by atoms with van der Waals surface area (Å²) in [5, 5.41) is 8.75. The van der Waals surface area contributed by atoms with Gasteiger partial charge in [0.15, 0.2) is 0 Å². The van der Waals surface area contributed by atoms with E-state index in [9.17, 15) is 4.79 Å². The van der Waals surface area contributed by atoms with Crippen LogP contribution in [0.1, 0.15) is 24.3 Å². The van der Waals surface area contributed by atoms with E-state index in [0.29, 0.717) is 12.5 Å². The Morgan fingerprint density at radius 2 is 2.14 bits per heavy atom. The Labute approximate surface area is 81.8 Å². The Balaban J connectivity index is 2.79. The van der Waals surface area contributed by atoms with Crippen LogP contribution in [0.15, 0.2) is 12.4 Å². The predicted octanol–water partition coefficient (Wildman–Crippen LogP) is 1.21. The third-order valence-electron chi connectivity index (χ3n) is 1.42. The number of ether oxygens (including phenoxy) is 1. The number of aromatic nitrogens is 2. The van der Waals surface area contributed by atoms with Crippen molar-refractivity contribution in [2.24, 2.45) is 5.92 Å². The van der Waals surface area contributed by atoms with E-state index in [0.717, 1.165) is 0 Å². The molecule has 0 radical (unpaired) electrons. The quantitative estimate of drug-likeness (QED) is 0.783. The largest absolute Gasteiger partial charge is 0.476 e. The molecule has 0 aromatic carbocycles. The van der Waals surface area contributed by atoms with Crippen molar-refractivity contribution in [3.63, 3.8) is 0 Å². The van der Waals surface area contributed by atoms with E-state index in [1.54, 1.807) is 0 Å². The average Bonchev–Trinajstić information content (AvgIpc) is 2.15. The van der Waals surface area contributed by atoms with Crippen LogP contribution in [0.5, 0.6) is 5.88 Å². The zero-order valence-corrected chi connectivity index (χ0v) is 8.10. The molecule has 5 heteroatoms. The van der Waals surface area contributed by atoms with E-state index in [2.05, 4.69) is 9.97 Å². The lowest BCUT2D eigenvalue weighted by Gasteiger charge is -2.08. The molecule has 0 unspecified atom stereocenters. The molecule has 0 spiro atoms. The third-order valence-corrected chi connectivity index (χ3v) is 1.42. The van der Waals surface area contributed by atoms with E-state index in [-0.39, 0.29) is 11.6 Å². The first-order valence-electron chi connectivity index (χ1n) is 4.28. The van der Waals surface area contributed by atoms with Gasteiger partial charge >= 0.3 is 5.97 Å². The number of aromatic carboxylic acids is 1. The first-order valence-corrected chi connectivity index (χ1v) is 4.28. The molecule has 76 valence electrons. The minimum Gasteiger partial charge on any atom is -0.476 e. The molecule has 0 aliphatic heterocycles. The number of hydrogen-bond acceptors (Lipinski definition) is 4. The van der Waals surface area contributed by atoms with Crippen LogP contribution >= 0.6 is 0 Å². The van der Waals surface area contributed by atoms with Crippen molar-refractivity contribution >= 4 is 5.97 Å². The molecule has 5 nitrogen and oxygen atoms in total. The fourth-order valence-electron chi connectivity index (χ4n) is 0.823. The number of nitrogens with zero attached hydrogens (tertiary/aromatic N) is 2. The van der Waals surface area contributed by atoms with Gasteiger partial charge in [-0.3, -0.25) is 0 Å². The second-order valence-corrected chi connectivity index (χ2v) is 3.22. The zero-order chi connectivity index (χ0) is 10.6. The molecule has 1 aromatic rings. The molecule has 0 saturated heterocycles. The summed E-state index contributed by atoms with van der Waals surface area (Å²) < 4.78 is 5.21. The molecule has 0 fully saturated rings. The molecule has 1 heterocycles. The topological polar surface area (TPSA) is 72.3 Å². The van der Waals surface area contributed by atoms with Crippen molar-refractivity contribution in [3.05, 3.63) is 18.1 Å². The SMILES string of the molecule is CC(C)COc1nccnc1C(=O)O. The first kappa shape index (κ1) is 10.4. The highest BCUT2D eigenvalue weighted by Crippen LogP contribution is 2.11. The van der Waals surface area contributed by atoms with Gasteiger partial charge in [0, 0.05) is 12.4 Å². The van der Waals surface area contributed by atoms with E-state index in [1.165, 1.54) is 12.4 Å². The Kier molecular flexibility index (Phi) is 3.39. The smallest absolute Gasteiger partial charge is 0.360 e. The molecule has 0 atom stereocenters. The van der Waals surface area contributed by atoms with Gasteiger partial charge in [-0.2, -0.15) is 0 Å². The normalized spacial score (nSPS) is 10.2. The molecule has 1 N–H and O–H groups in total. The molecule has 0 saturated carbocycles. The number of carboxylic acid groups (broad SMARTS) is 1. The molecule has 0 aliphatic rings. The molecule has 1 aromatic heterocycles. The molecule has 0 aliphatic carbocycles. The molecule has 1 rings (SSSR count). The van der Waals surface area contributed by atoms with Crippen molar-refractivity contribution in [3.8, 4) is 5.88 Å². The van der Waals surface area contributed by atoms with Crippen molar-refractivity contribution in [1.29, 1.82) is 0 Å². The van der Waals surface area contributed by atoms with Crippen LogP contribution in [0.2, 0.25) is 0 Å². The van der Waals surface area contributed by atoms with Gasteiger partial charge in [0.2, 0.25) is 11.6 Å². The number of carbonyl (C=O) groups is 1. The third kappa shape index (κ3) is 2.69. The second kappa shape index (κ2) is 4.55. The summed E-state index contributed by atoms with van der Waals surface area (Å²) in [5.41, 5.74) is -0.145. The van der Waals surface area contributed by atoms with Crippen molar-refractivity contribution < 1.29 is 14.6 Å². The molecule has 14 heavy (non-hydrogen) atoms. The highest BCUT2D eigenvalue weighted by Gasteiger charge is 2.13. The van der Waals surface area contributed by atoms with E-state index < -0.39 is 5.97 Å². The van der Waals surface area contributed by atoms with Gasteiger partial charge in [0.05, 0.1) is 6.61 Å². The minimum absolute atomic E-state index is 0.0775. The van der Waals surface area contributed by atoms with Gasteiger partial charge < -0.3 is 9.84 Å².